The van der Waals surface area contributed by atoms with Gasteiger partial charge >= 0.3 is 0 Å². The van der Waals surface area contributed by atoms with Crippen LogP contribution in [0.2, 0.25) is 0 Å². The summed E-state index contributed by atoms with van der Waals surface area (Å²) in [6.45, 7) is 2.48. The second kappa shape index (κ2) is 4.54. The number of ether oxygens (including phenoxy) is 1. The SMILES string of the molecule is COC1=CCCC(N2CCCCC2)=C1. The summed E-state index contributed by atoms with van der Waals surface area (Å²) in [5.74, 6) is 1.04. The highest BCUT2D eigenvalue weighted by Gasteiger charge is 2.15. The third kappa shape index (κ3) is 2.11. The Hall–Kier alpha value is -0.920. The van der Waals surface area contributed by atoms with E-state index in [1.807, 2.05) is 0 Å². The average Bonchev–Trinajstić information content (AvgIpc) is 2.30. The minimum atomic E-state index is 1.04. The molecule has 0 aromatic rings. The van der Waals surface area contributed by atoms with Crippen LogP contribution in [-0.4, -0.2) is 25.1 Å². The first-order valence-electron chi connectivity index (χ1n) is 5.60. The summed E-state index contributed by atoms with van der Waals surface area (Å²) < 4.78 is 5.27. The Labute approximate surface area is 86.2 Å². The first-order chi connectivity index (χ1) is 6.90. The molecule has 0 aromatic heterocycles. The van der Waals surface area contributed by atoms with Crippen molar-refractivity contribution in [2.75, 3.05) is 20.2 Å². The maximum absolute atomic E-state index is 5.27. The summed E-state index contributed by atoms with van der Waals surface area (Å²) in [5.41, 5.74) is 1.48. The standard InChI is InChI=1S/C12H19NO/c1-14-12-7-5-6-11(10-12)13-8-3-2-4-9-13/h7,10H,2-6,8-9H2,1H3. The predicted octanol–water partition coefficient (Wildman–Crippen LogP) is 2.68. The van der Waals surface area contributed by atoms with E-state index in [-0.39, 0.29) is 0 Å². The van der Waals surface area contributed by atoms with Gasteiger partial charge in [-0.3, -0.25) is 0 Å². The maximum atomic E-state index is 5.27. The Balaban J connectivity index is 2.02. The molecule has 2 rings (SSSR count). The number of allylic oxidation sites excluding steroid dienone is 3. The van der Waals surface area contributed by atoms with Crippen molar-refractivity contribution in [3.63, 3.8) is 0 Å². The smallest absolute Gasteiger partial charge is 0.116 e. The topological polar surface area (TPSA) is 12.5 Å². The monoisotopic (exact) mass is 193 g/mol. The third-order valence-corrected chi connectivity index (χ3v) is 3.05. The molecular formula is C12H19NO. The van der Waals surface area contributed by atoms with Gasteiger partial charge in [-0.05, 0) is 44.3 Å². The molecule has 0 saturated carbocycles. The van der Waals surface area contributed by atoms with Crippen LogP contribution in [0, 0.1) is 0 Å². The van der Waals surface area contributed by atoms with Crippen LogP contribution in [0.5, 0.6) is 0 Å². The van der Waals surface area contributed by atoms with Crippen molar-refractivity contribution in [2.45, 2.75) is 32.1 Å². The van der Waals surface area contributed by atoms with Gasteiger partial charge in [0.1, 0.15) is 5.76 Å². The summed E-state index contributed by atoms with van der Waals surface area (Å²) in [6, 6.07) is 0. The lowest BCUT2D eigenvalue weighted by molar-refractivity contribution is 0.263. The molecule has 0 radical (unpaired) electrons. The van der Waals surface area contributed by atoms with Crippen molar-refractivity contribution in [3.05, 3.63) is 23.6 Å². The highest BCUT2D eigenvalue weighted by molar-refractivity contribution is 5.22. The minimum absolute atomic E-state index is 1.04. The van der Waals surface area contributed by atoms with E-state index in [9.17, 15) is 0 Å². The van der Waals surface area contributed by atoms with E-state index in [0.717, 1.165) is 12.2 Å². The van der Waals surface area contributed by atoms with Gasteiger partial charge in [0, 0.05) is 18.8 Å². The van der Waals surface area contributed by atoms with Gasteiger partial charge in [-0.25, -0.2) is 0 Å². The summed E-state index contributed by atoms with van der Waals surface area (Å²) in [5, 5.41) is 0. The molecule has 0 N–H and O–H groups in total. The Morgan fingerprint density at radius 2 is 2.00 bits per heavy atom. The van der Waals surface area contributed by atoms with Crippen molar-refractivity contribution in [1.29, 1.82) is 0 Å². The van der Waals surface area contributed by atoms with Crippen LogP contribution in [0.1, 0.15) is 32.1 Å². The second-order valence-electron chi connectivity index (χ2n) is 4.03. The van der Waals surface area contributed by atoms with E-state index in [1.54, 1.807) is 7.11 Å². The Morgan fingerprint density at radius 1 is 1.21 bits per heavy atom. The van der Waals surface area contributed by atoms with Crippen molar-refractivity contribution in [3.8, 4) is 0 Å². The summed E-state index contributed by atoms with van der Waals surface area (Å²) >= 11 is 0. The maximum Gasteiger partial charge on any atom is 0.116 e. The number of nitrogens with zero attached hydrogens (tertiary/aromatic N) is 1. The molecule has 1 heterocycles. The van der Waals surface area contributed by atoms with Crippen LogP contribution in [-0.2, 0) is 4.74 Å². The normalized spacial score (nSPS) is 22.8. The molecule has 14 heavy (non-hydrogen) atoms. The van der Waals surface area contributed by atoms with Gasteiger partial charge in [0.2, 0.25) is 0 Å². The van der Waals surface area contributed by atoms with E-state index < -0.39 is 0 Å². The number of methoxy groups -OCH3 is 1. The molecule has 2 aliphatic rings. The van der Waals surface area contributed by atoms with Crippen molar-refractivity contribution >= 4 is 0 Å². The molecule has 0 unspecified atom stereocenters. The first-order valence-corrected chi connectivity index (χ1v) is 5.60. The lowest BCUT2D eigenvalue weighted by Crippen LogP contribution is -2.29. The molecule has 1 aliphatic carbocycles. The molecule has 1 fully saturated rings. The lowest BCUT2D eigenvalue weighted by atomic mass is 10.0. The van der Waals surface area contributed by atoms with Crippen LogP contribution in [0.4, 0.5) is 0 Å². The predicted molar refractivity (Wildman–Crippen MR) is 57.8 cm³/mol. The van der Waals surface area contributed by atoms with Crippen LogP contribution >= 0.6 is 0 Å². The zero-order valence-electron chi connectivity index (χ0n) is 8.96. The highest BCUT2D eigenvalue weighted by atomic mass is 16.5. The number of hydrogen-bond donors (Lipinski definition) is 0. The Morgan fingerprint density at radius 3 is 2.71 bits per heavy atom. The first kappa shape index (κ1) is 9.63. The number of hydrogen-bond acceptors (Lipinski definition) is 2. The zero-order chi connectivity index (χ0) is 9.80. The number of rotatable bonds is 2. The molecule has 2 nitrogen and oxygen atoms in total. The summed E-state index contributed by atoms with van der Waals surface area (Å²) in [7, 11) is 1.75. The van der Waals surface area contributed by atoms with E-state index >= 15 is 0 Å². The van der Waals surface area contributed by atoms with Gasteiger partial charge in [-0.1, -0.05) is 0 Å². The zero-order valence-corrected chi connectivity index (χ0v) is 8.96. The molecular weight excluding hydrogens is 174 g/mol. The van der Waals surface area contributed by atoms with E-state index in [0.29, 0.717) is 0 Å². The molecule has 1 saturated heterocycles. The third-order valence-electron chi connectivity index (χ3n) is 3.05. The fourth-order valence-corrected chi connectivity index (χ4v) is 2.23. The lowest BCUT2D eigenvalue weighted by Gasteiger charge is -2.32. The second-order valence-corrected chi connectivity index (χ2v) is 4.03. The largest absolute Gasteiger partial charge is 0.497 e. The molecule has 2 heteroatoms. The number of piperidine rings is 1. The van der Waals surface area contributed by atoms with Gasteiger partial charge in [0.05, 0.1) is 7.11 Å². The highest BCUT2D eigenvalue weighted by Crippen LogP contribution is 2.23. The van der Waals surface area contributed by atoms with Gasteiger partial charge in [0.25, 0.3) is 0 Å². The van der Waals surface area contributed by atoms with Crippen LogP contribution in [0.25, 0.3) is 0 Å². The molecule has 1 aliphatic heterocycles. The van der Waals surface area contributed by atoms with Crippen LogP contribution in [0.3, 0.4) is 0 Å². The van der Waals surface area contributed by atoms with Gasteiger partial charge < -0.3 is 9.64 Å². The van der Waals surface area contributed by atoms with E-state index in [2.05, 4.69) is 17.1 Å². The van der Waals surface area contributed by atoms with Crippen LogP contribution in [0.15, 0.2) is 23.6 Å². The van der Waals surface area contributed by atoms with Crippen molar-refractivity contribution in [2.24, 2.45) is 0 Å². The fourth-order valence-electron chi connectivity index (χ4n) is 2.23. The molecule has 0 spiro atoms. The number of likely N-dealkylation sites (tertiary alicyclic amines) is 1. The van der Waals surface area contributed by atoms with Gasteiger partial charge in [-0.15, -0.1) is 0 Å². The minimum Gasteiger partial charge on any atom is -0.497 e. The van der Waals surface area contributed by atoms with Crippen LogP contribution < -0.4 is 0 Å². The summed E-state index contributed by atoms with van der Waals surface area (Å²) in [4.78, 5) is 2.52. The quantitative estimate of drug-likeness (QED) is 0.668. The molecule has 0 amide bonds. The fraction of sp³-hybridized carbons (Fsp3) is 0.667. The average molecular weight is 193 g/mol. The van der Waals surface area contributed by atoms with Crippen molar-refractivity contribution in [1.82, 2.24) is 4.90 Å². The van der Waals surface area contributed by atoms with E-state index in [1.165, 1.54) is 44.5 Å². The molecule has 0 bridgehead atoms. The molecule has 0 atom stereocenters. The molecule has 78 valence electrons. The van der Waals surface area contributed by atoms with Gasteiger partial charge in [-0.2, -0.15) is 0 Å². The van der Waals surface area contributed by atoms with E-state index in [4.69, 9.17) is 4.74 Å². The molecule has 0 aromatic carbocycles. The summed E-state index contributed by atoms with van der Waals surface area (Å²) in [6.07, 6.45) is 10.8. The van der Waals surface area contributed by atoms with Crippen molar-refractivity contribution < 1.29 is 4.74 Å². The van der Waals surface area contributed by atoms with Gasteiger partial charge in [0.15, 0.2) is 0 Å². The Bertz CT molecular complexity index is 249. The Kier molecular flexibility index (Phi) is 3.12.